The van der Waals surface area contributed by atoms with Gasteiger partial charge in [0, 0.05) is 17.1 Å². The van der Waals surface area contributed by atoms with Crippen molar-refractivity contribution in [3.63, 3.8) is 0 Å². The molecule has 0 bridgehead atoms. The maximum Gasteiger partial charge on any atom is 0.331 e. The molecule has 0 unspecified atom stereocenters. The summed E-state index contributed by atoms with van der Waals surface area (Å²) in [7, 11) is 0. The summed E-state index contributed by atoms with van der Waals surface area (Å²) in [5.41, 5.74) is 2.85. The normalized spacial score (nSPS) is 15.8. The molecule has 4 rings (SSSR count). The van der Waals surface area contributed by atoms with Crippen LogP contribution >= 0.6 is 0 Å². The van der Waals surface area contributed by atoms with Gasteiger partial charge in [-0.15, -0.1) is 0 Å². The van der Waals surface area contributed by atoms with Crippen molar-refractivity contribution in [2.24, 2.45) is 0 Å². The van der Waals surface area contributed by atoms with Gasteiger partial charge in [0.05, 0.1) is 12.8 Å². The zero-order valence-corrected chi connectivity index (χ0v) is 16.3. The number of imide groups is 2. The average Bonchev–Trinajstić information content (AvgIpc) is 3.31. The first-order chi connectivity index (χ1) is 14.3. The van der Waals surface area contributed by atoms with E-state index in [0.717, 1.165) is 22.0 Å². The predicted octanol–water partition coefficient (Wildman–Crippen LogP) is 3.49. The van der Waals surface area contributed by atoms with Gasteiger partial charge in [-0.3, -0.25) is 19.8 Å². The van der Waals surface area contributed by atoms with Gasteiger partial charge >= 0.3 is 6.03 Å². The summed E-state index contributed by atoms with van der Waals surface area (Å²) in [6.45, 7) is 3.62. The number of rotatable bonds is 4. The van der Waals surface area contributed by atoms with Gasteiger partial charge < -0.3 is 8.98 Å². The molecule has 1 saturated heterocycles. The molecule has 1 fully saturated rings. The number of furan rings is 1. The fourth-order valence-electron chi connectivity index (χ4n) is 3.47. The third-order valence-corrected chi connectivity index (χ3v) is 4.93. The number of benzene rings is 1. The number of halogens is 1. The molecule has 152 valence electrons. The zero-order chi connectivity index (χ0) is 21.4. The van der Waals surface area contributed by atoms with E-state index in [1.54, 1.807) is 24.3 Å². The second-order valence-corrected chi connectivity index (χ2v) is 6.93. The van der Waals surface area contributed by atoms with Gasteiger partial charge in [-0.05, 0) is 68.0 Å². The number of nitrogens with zero attached hydrogens (tertiary/aromatic N) is 2. The molecule has 0 aliphatic carbocycles. The highest BCUT2D eigenvalue weighted by Gasteiger charge is 2.36. The summed E-state index contributed by atoms with van der Waals surface area (Å²) in [6.07, 6.45) is 2.90. The molecule has 2 aromatic heterocycles. The third kappa shape index (κ3) is 3.43. The summed E-state index contributed by atoms with van der Waals surface area (Å²) >= 11 is 0. The minimum absolute atomic E-state index is 0.0864. The third-order valence-electron chi connectivity index (χ3n) is 4.93. The summed E-state index contributed by atoms with van der Waals surface area (Å²) in [4.78, 5) is 38.3. The highest BCUT2D eigenvalue weighted by atomic mass is 19.1. The van der Waals surface area contributed by atoms with E-state index in [9.17, 15) is 18.8 Å². The van der Waals surface area contributed by atoms with E-state index in [0.29, 0.717) is 11.3 Å². The number of aryl methyl sites for hydroxylation is 1. The van der Waals surface area contributed by atoms with Gasteiger partial charge in [-0.2, -0.15) is 0 Å². The fraction of sp³-hybridized carbons (Fsp3) is 0.136. The molecule has 0 radical (unpaired) electrons. The van der Waals surface area contributed by atoms with E-state index in [-0.39, 0.29) is 17.9 Å². The molecule has 3 aromatic rings. The van der Waals surface area contributed by atoms with Crippen molar-refractivity contribution >= 4 is 23.9 Å². The average molecular weight is 407 g/mol. The second-order valence-electron chi connectivity index (χ2n) is 6.93. The summed E-state index contributed by atoms with van der Waals surface area (Å²) in [6, 6.07) is 10.3. The van der Waals surface area contributed by atoms with Crippen molar-refractivity contribution in [2.45, 2.75) is 20.4 Å². The Kier molecular flexibility index (Phi) is 4.83. The SMILES string of the molecule is Cc1cc(C=C2C(=O)NC(=O)N(Cc3ccco3)C2=O)c(C)n1-c1ccc(F)cc1. The van der Waals surface area contributed by atoms with E-state index in [1.807, 2.05) is 24.5 Å². The molecule has 4 amide bonds. The van der Waals surface area contributed by atoms with Gasteiger partial charge in [0.15, 0.2) is 0 Å². The van der Waals surface area contributed by atoms with Crippen molar-refractivity contribution in [3.05, 3.63) is 82.8 Å². The molecule has 8 heteroatoms. The van der Waals surface area contributed by atoms with E-state index < -0.39 is 17.8 Å². The standard InChI is InChI=1S/C22H18FN3O4/c1-13-10-15(14(2)26(13)17-7-5-16(23)6-8-17)11-19-20(27)24-22(29)25(21(19)28)12-18-4-3-9-30-18/h3-11H,12H2,1-2H3,(H,24,27,29). The molecular weight excluding hydrogens is 389 g/mol. The van der Waals surface area contributed by atoms with E-state index in [4.69, 9.17) is 4.42 Å². The molecule has 1 aliphatic heterocycles. The van der Waals surface area contributed by atoms with Gasteiger partial charge in [0.2, 0.25) is 0 Å². The lowest BCUT2D eigenvalue weighted by Gasteiger charge is -2.25. The lowest BCUT2D eigenvalue weighted by atomic mass is 10.1. The first-order valence-corrected chi connectivity index (χ1v) is 9.21. The first kappa shape index (κ1) is 19.4. The lowest BCUT2D eigenvalue weighted by molar-refractivity contribution is -0.130. The Morgan fingerprint density at radius 3 is 2.50 bits per heavy atom. The van der Waals surface area contributed by atoms with Crippen LogP contribution in [-0.4, -0.2) is 27.3 Å². The van der Waals surface area contributed by atoms with Gasteiger partial charge in [-0.1, -0.05) is 0 Å². The number of aromatic nitrogens is 1. The summed E-state index contributed by atoms with van der Waals surface area (Å²) in [5.74, 6) is -1.38. The van der Waals surface area contributed by atoms with Crippen LogP contribution in [0.15, 0.2) is 58.7 Å². The van der Waals surface area contributed by atoms with E-state index in [2.05, 4.69) is 5.32 Å². The number of carbonyl (C=O) groups excluding carboxylic acids is 3. The van der Waals surface area contributed by atoms with Crippen molar-refractivity contribution < 1.29 is 23.2 Å². The Hall–Kier alpha value is -3.94. The number of hydrogen-bond donors (Lipinski definition) is 1. The van der Waals surface area contributed by atoms with Crippen LogP contribution in [0.4, 0.5) is 9.18 Å². The van der Waals surface area contributed by atoms with E-state index in [1.165, 1.54) is 24.5 Å². The Labute approximate surface area is 171 Å². The zero-order valence-electron chi connectivity index (χ0n) is 16.3. The molecule has 0 spiro atoms. The van der Waals surface area contributed by atoms with Crippen LogP contribution in [0, 0.1) is 19.7 Å². The molecule has 1 aliphatic rings. The fourth-order valence-corrected chi connectivity index (χ4v) is 3.47. The van der Waals surface area contributed by atoms with Gasteiger partial charge in [0.1, 0.15) is 17.2 Å². The van der Waals surface area contributed by atoms with Crippen molar-refractivity contribution in [1.29, 1.82) is 0 Å². The highest BCUT2D eigenvalue weighted by molar-refractivity contribution is 6.31. The Morgan fingerprint density at radius 1 is 1.10 bits per heavy atom. The number of amides is 4. The van der Waals surface area contributed by atoms with Crippen LogP contribution in [0.25, 0.3) is 11.8 Å². The number of carbonyl (C=O) groups is 3. The lowest BCUT2D eigenvalue weighted by Crippen LogP contribution is -2.53. The Morgan fingerprint density at radius 2 is 1.83 bits per heavy atom. The monoisotopic (exact) mass is 407 g/mol. The first-order valence-electron chi connectivity index (χ1n) is 9.21. The van der Waals surface area contributed by atoms with Gasteiger partial charge in [-0.25, -0.2) is 9.18 Å². The quantitative estimate of drug-likeness (QED) is 0.530. The van der Waals surface area contributed by atoms with Crippen molar-refractivity contribution in [3.8, 4) is 5.69 Å². The summed E-state index contributed by atoms with van der Waals surface area (Å²) in [5, 5.41) is 2.19. The van der Waals surface area contributed by atoms with Crippen molar-refractivity contribution in [2.75, 3.05) is 0 Å². The number of barbiturate groups is 1. The number of hydrogen-bond acceptors (Lipinski definition) is 4. The van der Waals surface area contributed by atoms with Crippen LogP contribution < -0.4 is 5.32 Å². The Bertz CT molecular complexity index is 1170. The van der Waals surface area contributed by atoms with Crippen LogP contribution in [-0.2, 0) is 16.1 Å². The predicted molar refractivity (Wildman–Crippen MR) is 106 cm³/mol. The van der Waals surface area contributed by atoms with Crippen molar-refractivity contribution in [1.82, 2.24) is 14.8 Å². The number of nitrogens with one attached hydrogen (secondary N) is 1. The minimum Gasteiger partial charge on any atom is -0.467 e. The maximum atomic E-state index is 13.3. The molecule has 0 saturated carbocycles. The second kappa shape index (κ2) is 7.47. The topological polar surface area (TPSA) is 84.6 Å². The molecule has 1 N–H and O–H groups in total. The summed E-state index contributed by atoms with van der Waals surface area (Å²) < 4.78 is 20.4. The molecule has 0 atom stereocenters. The molecule has 3 heterocycles. The highest BCUT2D eigenvalue weighted by Crippen LogP contribution is 2.24. The van der Waals surface area contributed by atoms with Crippen LogP contribution in [0.2, 0.25) is 0 Å². The Balaban J connectivity index is 1.70. The molecule has 1 aromatic carbocycles. The van der Waals surface area contributed by atoms with Crippen LogP contribution in [0.1, 0.15) is 22.7 Å². The van der Waals surface area contributed by atoms with E-state index >= 15 is 0 Å². The maximum absolute atomic E-state index is 13.3. The molecule has 30 heavy (non-hydrogen) atoms. The largest absolute Gasteiger partial charge is 0.467 e. The molecular formula is C22H18FN3O4. The van der Waals surface area contributed by atoms with Crippen LogP contribution in [0.3, 0.4) is 0 Å². The number of urea groups is 1. The van der Waals surface area contributed by atoms with Gasteiger partial charge in [0.25, 0.3) is 11.8 Å². The smallest absolute Gasteiger partial charge is 0.331 e. The minimum atomic E-state index is -0.796. The van der Waals surface area contributed by atoms with Crippen LogP contribution in [0.5, 0.6) is 0 Å². The molecule has 7 nitrogen and oxygen atoms in total.